The molecule has 0 bridgehead atoms. The highest BCUT2D eigenvalue weighted by Gasteiger charge is 2.39. The highest BCUT2D eigenvalue weighted by atomic mass is 16.2. The van der Waals surface area contributed by atoms with Gasteiger partial charge in [0.2, 0.25) is 11.8 Å². The van der Waals surface area contributed by atoms with Crippen LogP contribution in [0.3, 0.4) is 0 Å². The highest BCUT2D eigenvalue weighted by Crippen LogP contribution is 2.45. The van der Waals surface area contributed by atoms with Gasteiger partial charge in [0.25, 0.3) is 11.8 Å². The minimum absolute atomic E-state index is 0.209. The van der Waals surface area contributed by atoms with Crippen molar-refractivity contribution in [1.82, 2.24) is 15.2 Å². The maximum absolute atomic E-state index is 13.2. The summed E-state index contributed by atoms with van der Waals surface area (Å²) in [5, 5.41) is 6.37. The van der Waals surface area contributed by atoms with Gasteiger partial charge in [-0.05, 0) is 60.6 Å². The van der Waals surface area contributed by atoms with E-state index in [1.165, 1.54) is 4.90 Å². The third-order valence-corrected chi connectivity index (χ3v) is 6.74. The molecule has 1 saturated carbocycles. The van der Waals surface area contributed by atoms with E-state index in [1.54, 1.807) is 18.2 Å². The Hall–Kier alpha value is -3.94. The van der Waals surface area contributed by atoms with Crippen LogP contribution in [0.2, 0.25) is 0 Å². The van der Waals surface area contributed by atoms with Crippen molar-refractivity contribution in [2.24, 2.45) is 0 Å². The summed E-state index contributed by atoms with van der Waals surface area (Å²) in [5.74, 6) is -0.787. The number of fused-ring (bicyclic) bond motifs is 2. The number of piperidine rings is 1. The van der Waals surface area contributed by atoms with E-state index in [9.17, 15) is 19.2 Å². The second kappa shape index (κ2) is 7.30. The van der Waals surface area contributed by atoms with Crippen molar-refractivity contribution in [3.05, 3.63) is 64.8 Å². The third kappa shape index (κ3) is 3.29. The Labute approximate surface area is 189 Å². The molecule has 1 atom stereocenters. The number of nitrogens with one attached hydrogen (secondary N) is 3. The highest BCUT2D eigenvalue weighted by molar-refractivity contribution is 6.09. The molecule has 2 aromatic carbocycles. The average molecular weight is 442 g/mol. The van der Waals surface area contributed by atoms with Gasteiger partial charge in [0.15, 0.2) is 0 Å². The van der Waals surface area contributed by atoms with E-state index >= 15 is 0 Å². The Bertz CT molecular complexity index is 1350. The van der Waals surface area contributed by atoms with Crippen LogP contribution in [0, 0.1) is 0 Å². The number of nitrogens with zero attached hydrogens (tertiary/aromatic N) is 1. The summed E-state index contributed by atoms with van der Waals surface area (Å²) in [4.78, 5) is 54.5. The predicted molar refractivity (Wildman–Crippen MR) is 121 cm³/mol. The Kier molecular flexibility index (Phi) is 4.36. The van der Waals surface area contributed by atoms with Crippen LogP contribution in [0.5, 0.6) is 0 Å². The van der Waals surface area contributed by atoms with Crippen molar-refractivity contribution in [2.75, 3.05) is 5.32 Å². The number of carbonyl (C=O) groups excluding carboxylic acids is 4. The van der Waals surface area contributed by atoms with Crippen LogP contribution in [-0.4, -0.2) is 39.6 Å². The van der Waals surface area contributed by atoms with Crippen LogP contribution in [0.15, 0.2) is 42.5 Å². The van der Waals surface area contributed by atoms with Crippen LogP contribution in [0.4, 0.5) is 5.69 Å². The van der Waals surface area contributed by atoms with Crippen LogP contribution < -0.4 is 10.6 Å². The number of hydrogen-bond acceptors (Lipinski definition) is 4. The van der Waals surface area contributed by atoms with Crippen molar-refractivity contribution in [3.8, 4) is 0 Å². The fourth-order valence-corrected chi connectivity index (χ4v) is 4.98. The first-order chi connectivity index (χ1) is 16.0. The summed E-state index contributed by atoms with van der Waals surface area (Å²) < 4.78 is 0. The number of anilines is 1. The van der Waals surface area contributed by atoms with Crippen molar-refractivity contribution in [3.63, 3.8) is 0 Å². The number of amides is 4. The summed E-state index contributed by atoms with van der Waals surface area (Å²) in [6, 6.07) is 12.5. The monoisotopic (exact) mass is 442 g/mol. The van der Waals surface area contributed by atoms with E-state index in [0.29, 0.717) is 29.3 Å². The Morgan fingerprint density at radius 3 is 2.64 bits per heavy atom. The van der Waals surface area contributed by atoms with E-state index < -0.39 is 11.9 Å². The molecule has 3 aliphatic rings. The largest absolute Gasteiger partial charge is 0.350 e. The quantitative estimate of drug-likeness (QED) is 0.539. The maximum atomic E-state index is 13.2. The molecule has 3 heterocycles. The van der Waals surface area contributed by atoms with Crippen LogP contribution in [-0.2, 0) is 16.1 Å². The third-order valence-electron chi connectivity index (χ3n) is 6.74. The van der Waals surface area contributed by atoms with Crippen molar-refractivity contribution >= 4 is 40.2 Å². The van der Waals surface area contributed by atoms with Crippen molar-refractivity contribution in [2.45, 2.75) is 44.2 Å². The molecule has 1 unspecified atom stereocenters. The molecule has 0 spiro atoms. The molecule has 3 N–H and O–H groups in total. The molecule has 2 aliphatic heterocycles. The molecule has 6 rings (SSSR count). The van der Waals surface area contributed by atoms with Gasteiger partial charge in [-0.3, -0.25) is 24.5 Å². The van der Waals surface area contributed by atoms with E-state index in [2.05, 4.69) is 15.6 Å². The second-order valence-electron chi connectivity index (χ2n) is 8.96. The van der Waals surface area contributed by atoms with Gasteiger partial charge in [0, 0.05) is 35.1 Å². The molecule has 166 valence electrons. The molecule has 8 heteroatoms. The molecule has 4 amide bonds. The van der Waals surface area contributed by atoms with Gasteiger partial charge in [-0.15, -0.1) is 0 Å². The lowest BCUT2D eigenvalue weighted by Crippen LogP contribution is -2.52. The Morgan fingerprint density at radius 2 is 1.85 bits per heavy atom. The molecule has 33 heavy (non-hydrogen) atoms. The number of H-pyrrole nitrogens is 1. The first-order valence-electron chi connectivity index (χ1n) is 11.2. The number of rotatable bonds is 4. The minimum Gasteiger partial charge on any atom is -0.350 e. The molecular weight excluding hydrogens is 420 g/mol. The molecule has 8 nitrogen and oxygen atoms in total. The van der Waals surface area contributed by atoms with Gasteiger partial charge in [-0.1, -0.05) is 18.2 Å². The lowest BCUT2D eigenvalue weighted by atomic mass is 10.0. The van der Waals surface area contributed by atoms with Crippen LogP contribution in [0.1, 0.15) is 63.6 Å². The fraction of sp³-hybridized carbons (Fsp3) is 0.280. The zero-order valence-corrected chi connectivity index (χ0v) is 17.8. The molecule has 3 aromatic rings. The number of para-hydroxylation sites is 1. The van der Waals surface area contributed by atoms with Crippen molar-refractivity contribution < 1.29 is 19.2 Å². The molecule has 1 aliphatic carbocycles. The first-order valence-corrected chi connectivity index (χ1v) is 11.2. The Morgan fingerprint density at radius 1 is 1.03 bits per heavy atom. The zero-order chi connectivity index (χ0) is 22.7. The summed E-state index contributed by atoms with van der Waals surface area (Å²) >= 11 is 0. The number of aromatic amines is 1. The normalized spacial score (nSPS) is 20.2. The van der Waals surface area contributed by atoms with E-state index in [0.717, 1.165) is 34.9 Å². The predicted octanol–water partition coefficient (Wildman–Crippen LogP) is 3.06. The van der Waals surface area contributed by atoms with E-state index in [1.807, 2.05) is 24.3 Å². The molecular formula is C25H22N4O4. The minimum atomic E-state index is -0.659. The van der Waals surface area contributed by atoms with E-state index in [-0.39, 0.29) is 30.7 Å². The molecule has 0 radical (unpaired) electrons. The summed E-state index contributed by atoms with van der Waals surface area (Å²) in [7, 11) is 0. The molecule has 1 aromatic heterocycles. The van der Waals surface area contributed by atoms with Gasteiger partial charge < -0.3 is 15.2 Å². The fourth-order valence-electron chi connectivity index (χ4n) is 4.98. The van der Waals surface area contributed by atoms with Crippen LogP contribution in [0.25, 0.3) is 10.9 Å². The number of imide groups is 1. The summed E-state index contributed by atoms with van der Waals surface area (Å²) in [6.07, 6.45) is 2.70. The average Bonchev–Trinajstić information content (AvgIpc) is 3.48. The second-order valence-corrected chi connectivity index (χ2v) is 8.96. The number of hydrogen-bond donors (Lipinski definition) is 3. The number of carbonyl (C=O) groups is 4. The lowest BCUT2D eigenvalue weighted by Gasteiger charge is -2.29. The van der Waals surface area contributed by atoms with Gasteiger partial charge in [0.05, 0.1) is 0 Å². The van der Waals surface area contributed by atoms with E-state index in [4.69, 9.17) is 0 Å². The lowest BCUT2D eigenvalue weighted by molar-refractivity contribution is -0.136. The molecule has 1 saturated heterocycles. The van der Waals surface area contributed by atoms with Gasteiger partial charge in [0.1, 0.15) is 11.7 Å². The number of aromatic nitrogens is 1. The smallest absolute Gasteiger partial charge is 0.272 e. The summed E-state index contributed by atoms with van der Waals surface area (Å²) in [5.41, 5.74) is 4.47. The SMILES string of the molecule is O=C1CCC(N2Cc3cc(NC(=O)c4[nH]c5ccccc5c4C4CC4)ccc3C2=O)C(=O)N1. The van der Waals surface area contributed by atoms with Crippen LogP contribution >= 0.6 is 0 Å². The first kappa shape index (κ1) is 19.7. The maximum Gasteiger partial charge on any atom is 0.272 e. The number of benzene rings is 2. The summed E-state index contributed by atoms with van der Waals surface area (Å²) in [6.45, 7) is 0.268. The standard InChI is InChI=1S/C25H22N4O4/c30-20-10-9-19(23(31)28-20)29-12-14-11-15(7-8-16(14)25(29)33)26-24(32)22-21(13-5-6-13)17-3-1-2-4-18(17)27-22/h1-4,7-8,11,13,19,27H,5-6,9-10,12H2,(H,26,32)(H,28,30,31). The topological polar surface area (TPSA) is 111 Å². The van der Waals surface area contributed by atoms with Gasteiger partial charge in [-0.25, -0.2) is 0 Å². The Balaban J connectivity index is 1.25. The molecule has 2 fully saturated rings. The van der Waals surface area contributed by atoms with Crippen molar-refractivity contribution in [1.29, 1.82) is 0 Å². The van der Waals surface area contributed by atoms with Gasteiger partial charge >= 0.3 is 0 Å². The van der Waals surface area contributed by atoms with Gasteiger partial charge in [-0.2, -0.15) is 0 Å². The zero-order valence-electron chi connectivity index (χ0n) is 17.8.